The Morgan fingerprint density at radius 1 is 1.77 bits per heavy atom. The quantitative estimate of drug-likeness (QED) is 0.646. The van der Waals surface area contributed by atoms with Gasteiger partial charge in [0.05, 0.1) is 18.8 Å². The minimum absolute atomic E-state index is 0.0849. The predicted octanol–water partition coefficient (Wildman–Crippen LogP) is -0.111. The highest BCUT2D eigenvalue weighted by Gasteiger charge is 2.21. The number of carbonyl (C=O) groups excluding carboxylic acids is 1. The smallest absolute Gasteiger partial charge is 0.220 e. The summed E-state index contributed by atoms with van der Waals surface area (Å²) in [6.45, 7) is 6.29. The van der Waals surface area contributed by atoms with Gasteiger partial charge in [-0.15, -0.1) is 0 Å². The predicted molar refractivity (Wildman–Crippen MR) is 50.5 cm³/mol. The lowest BCUT2D eigenvalue weighted by molar-refractivity contribution is -0.122. The van der Waals surface area contributed by atoms with Crippen molar-refractivity contribution in [3.63, 3.8) is 0 Å². The van der Waals surface area contributed by atoms with Crippen molar-refractivity contribution in [2.24, 2.45) is 0 Å². The lowest BCUT2D eigenvalue weighted by atomic mass is 10.1. The molecule has 0 spiro atoms. The van der Waals surface area contributed by atoms with Crippen LogP contribution in [-0.4, -0.2) is 37.7 Å². The maximum absolute atomic E-state index is 11.1. The van der Waals surface area contributed by atoms with Crippen LogP contribution in [0.1, 0.15) is 20.3 Å². The molecule has 1 rings (SSSR count). The molecule has 0 aromatic carbocycles. The summed E-state index contributed by atoms with van der Waals surface area (Å²) >= 11 is 0. The van der Waals surface area contributed by atoms with Crippen LogP contribution in [0.25, 0.3) is 0 Å². The standard InChI is InChI=1S/C9H18N2O2/c1-3-9(12)11-7(2)8-6-10-4-5-13-8/h7-8,10H,3-6H2,1-2H3,(H,11,12). The summed E-state index contributed by atoms with van der Waals surface area (Å²) in [6.07, 6.45) is 0.647. The molecule has 1 saturated heterocycles. The SMILES string of the molecule is CCC(=O)NC(C)C1CNCCO1. The van der Waals surface area contributed by atoms with Crippen LogP contribution in [0.5, 0.6) is 0 Å². The fourth-order valence-electron chi connectivity index (χ4n) is 1.36. The number of hydrogen-bond donors (Lipinski definition) is 2. The molecule has 0 bridgehead atoms. The molecule has 1 heterocycles. The molecule has 0 aromatic heterocycles. The summed E-state index contributed by atoms with van der Waals surface area (Å²) in [6, 6.07) is 0.0975. The average molecular weight is 186 g/mol. The highest BCUT2D eigenvalue weighted by atomic mass is 16.5. The molecule has 2 atom stereocenters. The third-order valence-corrected chi connectivity index (χ3v) is 2.22. The fraction of sp³-hybridized carbons (Fsp3) is 0.889. The minimum Gasteiger partial charge on any atom is -0.373 e. The van der Waals surface area contributed by atoms with Gasteiger partial charge in [0, 0.05) is 19.5 Å². The van der Waals surface area contributed by atoms with E-state index in [-0.39, 0.29) is 18.1 Å². The molecule has 1 fully saturated rings. The Balaban J connectivity index is 2.28. The van der Waals surface area contributed by atoms with E-state index >= 15 is 0 Å². The summed E-state index contributed by atoms with van der Waals surface area (Å²) in [7, 11) is 0. The third-order valence-electron chi connectivity index (χ3n) is 2.22. The normalized spacial score (nSPS) is 25.2. The van der Waals surface area contributed by atoms with Crippen LogP contribution in [0.4, 0.5) is 0 Å². The van der Waals surface area contributed by atoms with E-state index in [1.807, 2.05) is 13.8 Å². The van der Waals surface area contributed by atoms with E-state index in [1.54, 1.807) is 0 Å². The number of carbonyl (C=O) groups is 1. The van der Waals surface area contributed by atoms with Crippen molar-refractivity contribution in [2.45, 2.75) is 32.4 Å². The maximum Gasteiger partial charge on any atom is 0.220 e. The molecular weight excluding hydrogens is 168 g/mol. The summed E-state index contributed by atoms with van der Waals surface area (Å²) in [4.78, 5) is 11.1. The first-order valence-corrected chi connectivity index (χ1v) is 4.85. The van der Waals surface area contributed by atoms with Gasteiger partial charge in [0.25, 0.3) is 0 Å². The lowest BCUT2D eigenvalue weighted by Gasteiger charge is -2.29. The largest absolute Gasteiger partial charge is 0.373 e. The van der Waals surface area contributed by atoms with Gasteiger partial charge in [-0.1, -0.05) is 6.92 Å². The van der Waals surface area contributed by atoms with Crippen LogP contribution < -0.4 is 10.6 Å². The van der Waals surface area contributed by atoms with E-state index in [1.165, 1.54) is 0 Å². The molecule has 2 unspecified atom stereocenters. The molecular formula is C9H18N2O2. The Kier molecular flexibility index (Phi) is 4.18. The van der Waals surface area contributed by atoms with E-state index in [2.05, 4.69) is 10.6 Å². The van der Waals surface area contributed by atoms with Crippen LogP contribution >= 0.6 is 0 Å². The molecule has 0 radical (unpaired) electrons. The van der Waals surface area contributed by atoms with Gasteiger partial charge in [0.2, 0.25) is 5.91 Å². The van der Waals surface area contributed by atoms with Crippen LogP contribution in [-0.2, 0) is 9.53 Å². The average Bonchev–Trinajstić information content (AvgIpc) is 2.19. The van der Waals surface area contributed by atoms with E-state index in [0.717, 1.165) is 19.7 Å². The highest BCUT2D eigenvalue weighted by molar-refractivity contribution is 5.75. The summed E-state index contributed by atoms with van der Waals surface area (Å²) in [5, 5.41) is 6.13. The molecule has 4 nitrogen and oxygen atoms in total. The first kappa shape index (κ1) is 10.5. The number of rotatable bonds is 3. The van der Waals surface area contributed by atoms with E-state index in [4.69, 9.17) is 4.74 Å². The zero-order chi connectivity index (χ0) is 9.68. The topological polar surface area (TPSA) is 50.4 Å². The van der Waals surface area contributed by atoms with Gasteiger partial charge < -0.3 is 15.4 Å². The van der Waals surface area contributed by atoms with Gasteiger partial charge >= 0.3 is 0 Å². The van der Waals surface area contributed by atoms with Crippen LogP contribution in [0, 0.1) is 0 Å². The maximum atomic E-state index is 11.1. The van der Waals surface area contributed by atoms with Crippen LogP contribution in [0.2, 0.25) is 0 Å². The second-order valence-corrected chi connectivity index (χ2v) is 3.32. The van der Waals surface area contributed by atoms with Crippen molar-refractivity contribution < 1.29 is 9.53 Å². The van der Waals surface area contributed by atoms with Crippen molar-refractivity contribution in [1.82, 2.24) is 10.6 Å². The molecule has 2 N–H and O–H groups in total. The second-order valence-electron chi connectivity index (χ2n) is 3.32. The lowest BCUT2D eigenvalue weighted by Crippen LogP contribution is -2.50. The number of ether oxygens (including phenoxy) is 1. The van der Waals surface area contributed by atoms with Gasteiger partial charge in [-0.3, -0.25) is 4.79 Å². The molecule has 1 aliphatic rings. The van der Waals surface area contributed by atoms with Gasteiger partial charge in [-0.2, -0.15) is 0 Å². The number of hydrogen-bond acceptors (Lipinski definition) is 3. The first-order chi connectivity index (χ1) is 6.24. The van der Waals surface area contributed by atoms with Crippen LogP contribution in [0.3, 0.4) is 0 Å². The Morgan fingerprint density at radius 3 is 3.08 bits per heavy atom. The molecule has 76 valence electrons. The molecule has 13 heavy (non-hydrogen) atoms. The first-order valence-electron chi connectivity index (χ1n) is 4.85. The monoisotopic (exact) mass is 186 g/mol. The van der Waals surface area contributed by atoms with E-state index in [9.17, 15) is 4.79 Å². The Bertz CT molecular complexity index is 167. The fourth-order valence-corrected chi connectivity index (χ4v) is 1.36. The molecule has 4 heteroatoms. The molecule has 0 aliphatic carbocycles. The van der Waals surface area contributed by atoms with Gasteiger partial charge in [-0.25, -0.2) is 0 Å². The zero-order valence-electron chi connectivity index (χ0n) is 8.30. The van der Waals surface area contributed by atoms with Crippen molar-refractivity contribution in [2.75, 3.05) is 19.7 Å². The second kappa shape index (κ2) is 5.19. The van der Waals surface area contributed by atoms with Gasteiger partial charge in [0.1, 0.15) is 0 Å². The number of amides is 1. The minimum atomic E-state index is 0.0849. The third kappa shape index (κ3) is 3.32. The Labute approximate surface area is 79.0 Å². The van der Waals surface area contributed by atoms with E-state index in [0.29, 0.717) is 6.42 Å². The zero-order valence-corrected chi connectivity index (χ0v) is 8.30. The number of nitrogens with one attached hydrogen (secondary N) is 2. The van der Waals surface area contributed by atoms with Crippen molar-refractivity contribution in [3.05, 3.63) is 0 Å². The van der Waals surface area contributed by atoms with Gasteiger partial charge in [0.15, 0.2) is 0 Å². The van der Waals surface area contributed by atoms with Crippen molar-refractivity contribution in [1.29, 1.82) is 0 Å². The highest BCUT2D eigenvalue weighted by Crippen LogP contribution is 2.01. The van der Waals surface area contributed by atoms with Crippen LogP contribution in [0.15, 0.2) is 0 Å². The van der Waals surface area contributed by atoms with Gasteiger partial charge in [-0.05, 0) is 6.92 Å². The molecule has 1 amide bonds. The number of morpholine rings is 1. The summed E-state index contributed by atoms with van der Waals surface area (Å²) < 4.78 is 5.51. The summed E-state index contributed by atoms with van der Waals surface area (Å²) in [5.74, 6) is 0.0849. The van der Waals surface area contributed by atoms with Crippen molar-refractivity contribution in [3.8, 4) is 0 Å². The Hall–Kier alpha value is -0.610. The molecule has 0 aromatic rings. The molecule has 0 saturated carbocycles. The molecule has 1 aliphatic heterocycles. The Morgan fingerprint density at radius 2 is 2.54 bits per heavy atom. The summed E-state index contributed by atoms with van der Waals surface area (Å²) in [5.41, 5.74) is 0. The van der Waals surface area contributed by atoms with Crippen molar-refractivity contribution >= 4 is 5.91 Å². The van der Waals surface area contributed by atoms with E-state index < -0.39 is 0 Å².